The van der Waals surface area contributed by atoms with Gasteiger partial charge in [0.15, 0.2) is 0 Å². The van der Waals surface area contributed by atoms with Gasteiger partial charge in [-0.2, -0.15) is 16.6 Å². The average Bonchev–Trinajstić information content (AvgIpc) is 2.87. The van der Waals surface area contributed by atoms with Crippen LogP contribution in [0.25, 0.3) is 0 Å². The summed E-state index contributed by atoms with van der Waals surface area (Å²) in [5.41, 5.74) is -1.07. The van der Waals surface area contributed by atoms with Gasteiger partial charge >= 0.3 is 13.3 Å². The Labute approximate surface area is 233 Å². The number of hydrogen-bond acceptors (Lipinski definition) is 7. The van der Waals surface area contributed by atoms with E-state index in [1.165, 1.54) is 89.9 Å². The van der Waals surface area contributed by atoms with Crippen molar-refractivity contribution in [2.75, 3.05) is 12.4 Å². The molecule has 0 radical (unpaired) electrons. The number of carbonyl (C=O) groups is 1. The normalized spacial score (nSPS) is 15.0. The van der Waals surface area contributed by atoms with E-state index in [4.69, 9.17) is 18.8 Å². The lowest BCUT2D eigenvalue weighted by molar-refractivity contribution is -0.262. The van der Waals surface area contributed by atoms with Gasteiger partial charge in [-0.15, -0.1) is 0 Å². The molecule has 3 atom stereocenters. The van der Waals surface area contributed by atoms with Crippen LogP contribution >= 0.6 is 19.4 Å². The van der Waals surface area contributed by atoms with Gasteiger partial charge in [-0.05, 0) is 45.8 Å². The Balaban J connectivity index is 4.57. The Morgan fingerprint density at radius 2 is 1.24 bits per heavy atom. The molecule has 0 aromatic rings. The Morgan fingerprint density at radius 3 is 1.76 bits per heavy atom. The minimum Gasteiger partial charge on any atom is -0.301 e. The predicted molar refractivity (Wildman–Crippen MR) is 159 cm³/mol. The highest BCUT2D eigenvalue weighted by Crippen LogP contribution is 2.51. The fraction of sp³-hybridized carbons (Fsp3) is 0.966. The third kappa shape index (κ3) is 20.5. The first kappa shape index (κ1) is 36.9. The van der Waals surface area contributed by atoms with Crippen molar-refractivity contribution in [2.45, 2.75) is 168 Å². The molecule has 0 aliphatic heterocycles. The molecule has 0 spiro atoms. The largest absolute Gasteiger partial charge is 0.452 e. The zero-order valence-electron chi connectivity index (χ0n) is 25.0. The molecule has 0 aromatic carbocycles. The molecular formula is C29H59O6PS. The molecule has 0 N–H and O–H groups in total. The van der Waals surface area contributed by atoms with Crippen molar-refractivity contribution in [3.63, 3.8) is 0 Å². The molecule has 0 fully saturated rings. The molecule has 0 rings (SSSR count). The van der Waals surface area contributed by atoms with E-state index >= 15 is 0 Å². The van der Waals surface area contributed by atoms with Crippen molar-refractivity contribution >= 4 is 25.1 Å². The third-order valence-corrected chi connectivity index (χ3v) is 9.57. The zero-order valence-corrected chi connectivity index (χ0v) is 26.7. The van der Waals surface area contributed by atoms with Crippen LogP contribution in [0.1, 0.15) is 151 Å². The number of rotatable bonds is 27. The van der Waals surface area contributed by atoms with E-state index in [0.717, 1.165) is 18.6 Å². The van der Waals surface area contributed by atoms with E-state index in [9.17, 15) is 9.36 Å². The van der Waals surface area contributed by atoms with Gasteiger partial charge < -0.3 is 4.52 Å². The van der Waals surface area contributed by atoms with Crippen LogP contribution in [0.15, 0.2) is 0 Å². The monoisotopic (exact) mass is 566 g/mol. The maximum Gasteiger partial charge on any atom is 0.452 e. The molecule has 222 valence electrons. The van der Waals surface area contributed by atoms with E-state index in [0.29, 0.717) is 6.42 Å². The van der Waals surface area contributed by atoms with Crippen LogP contribution in [0.5, 0.6) is 0 Å². The van der Waals surface area contributed by atoms with Gasteiger partial charge in [0, 0.05) is 5.25 Å². The highest BCUT2D eigenvalue weighted by atomic mass is 32.2. The zero-order chi connectivity index (χ0) is 27.8. The maximum atomic E-state index is 12.9. The summed E-state index contributed by atoms with van der Waals surface area (Å²) in [6.45, 7) is 11.9. The molecule has 37 heavy (non-hydrogen) atoms. The first-order valence-corrected chi connectivity index (χ1v) is 17.8. The molecule has 8 heteroatoms. The molecular weight excluding hydrogens is 507 g/mol. The second-order valence-electron chi connectivity index (χ2n) is 10.4. The SMILES string of the molecule is CCCCCCCCCCCCSC(CCCCCCC)C(C)OOC(=O)P(=O)(OCCC)OC(C)C. The highest BCUT2D eigenvalue weighted by Gasteiger charge is 2.40. The molecule has 0 aromatic heterocycles. The predicted octanol–water partition coefficient (Wildman–Crippen LogP) is 10.9. The van der Waals surface area contributed by atoms with Crippen LogP contribution < -0.4 is 0 Å². The average molecular weight is 567 g/mol. The van der Waals surface area contributed by atoms with Crippen molar-refractivity contribution in [1.29, 1.82) is 0 Å². The quantitative estimate of drug-likeness (QED) is 0.0424. The third-order valence-electron chi connectivity index (χ3n) is 6.26. The van der Waals surface area contributed by atoms with Crippen LogP contribution in [-0.2, 0) is 23.4 Å². The Bertz CT molecular complexity index is 575. The molecule has 0 saturated heterocycles. The standard InChI is InChI=1S/C29H59O6PS/c1-7-10-12-14-15-16-17-18-20-22-25-37-28(23-21-19-13-11-8-2)27(6)33-34-29(30)36(31,32-24-9-3)35-26(4)5/h26-28H,7-25H2,1-6H3. The molecule has 3 unspecified atom stereocenters. The van der Waals surface area contributed by atoms with Gasteiger partial charge in [0.1, 0.15) is 6.10 Å². The fourth-order valence-electron chi connectivity index (χ4n) is 4.07. The van der Waals surface area contributed by atoms with Crippen LogP contribution in [0, 0.1) is 0 Å². The first-order valence-electron chi connectivity index (χ1n) is 15.2. The second-order valence-corrected chi connectivity index (χ2v) is 13.6. The number of thioether (sulfide) groups is 1. The lowest BCUT2D eigenvalue weighted by Gasteiger charge is -2.24. The lowest BCUT2D eigenvalue weighted by Crippen LogP contribution is -2.26. The van der Waals surface area contributed by atoms with Crippen molar-refractivity contribution in [1.82, 2.24) is 0 Å². The van der Waals surface area contributed by atoms with Crippen LogP contribution in [-0.4, -0.2) is 35.5 Å². The molecule has 0 aliphatic rings. The van der Waals surface area contributed by atoms with Gasteiger partial charge in [0.25, 0.3) is 0 Å². The van der Waals surface area contributed by atoms with Gasteiger partial charge in [-0.3, -0.25) is 9.41 Å². The van der Waals surface area contributed by atoms with Crippen LogP contribution in [0.3, 0.4) is 0 Å². The summed E-state index contributed by atoms with van der Waals surface area (Å²) >= 11 is 1.91. The van der Waals surface area contributed by atoms with Gasteiger partial charge in [-0.25, -0.2) is 9.36 Å². The van der Waals surface area contributed by atoms with E-state index < -0.39 is 19.4 Å². The van der Waals surface area contributed by atoms with Gasteiger partial charge in [-0.1, -0.05) is 111 Å². The first-order chi connectivity index (χ1) is 17.8. The topological polar surface area (TPSA) is 71.1 Å². The summed E-state index contributed by atoms with van der Waals surface area (Å²) in [5.74, 6) is 1.08. The second kappa shape index (κ2) is 24.9. The van der Waals surface area contributed by atoms with Gasteiger partial charge in [0.2, 0.25) is 0 Å². The van der Waals surface area contributed by atoms with Crippen LogP contribution in [0.2, 0.25) is 0 Å². The van der Waals surface area contributed by atoms with E-state index in [-0.39, 0.29) is 18.0 Å². The summed E-state index contributed by atoms with van der Waals surface area (Å²) < 4.78 is 23.5. The molecule has 0 amide bonds. The Morgan fingerprint density at radius 1 is 0.730 bits per heavy atom. The van der Waals surface area contributed by atoms with Crippen molar-refractivity contribution in [3.05, 3.63) is 0 Å². The summed E-state index contributed by atoms with van der Waals surface area (Å²) in [6.07, 6.45) is 20.3. The number of unbranched alkanes of at least 4 members (excludes halogenated alkanes) is 13. The molecule has 0 aliphatic carbocycles. The van der Waals surface area contributed by atoms with E-state index in [1.54, 1.807) is 13.8 Å². The number of hydrogen-bond donors (Lipinski definition) is 0. The van der Waals surface area contributed by atoms with Crippen molar-refractivity contribution in [2.24, 2.45) is 0 Å². The minimum atomic E-state index is -4.04. The van der Waals surface area contributed by atoms with Crippen molar-refractivity contribution in [3.8, 4) is 0 Å². The highest BCUT2D eigenvalue weighted by molar-refractivity contribution is 7.99. The Hall–Kier alpha value is -0.0700. The maximum absolute atomic E-state index is 12.9. The number of carbonyl (C=O) groups excluding carboxylic acids is 1. The molecule has 0 heterocycles. The Kier molecular flexibility index (Phi) is 24.9. The molecule has 0 saturated carbocycles. The van der Waals surface area contributed by atoms with E-state index in [1.807, 2.05) is 25.6 Å². The summed E-state index contributed by atoms with van der Waals surface area (Å²) in [7, 11) is -4.04. The minimum absolute atomic E-state index is 0.156. The summed E-state index contributed by atoms with van der Waals surface area (Å²) in [5, 5.41) is 0.218. The fourth-order valence-corrected chi connectivity index (χ4v) is 6.75. The van der Waals surface area contributed by atoms with Gasteiger partial charge in [0.05, 0.1) is 12.7 Å². The smallest absolute Gasteiger partial charge is 0.301 e. The molecule has 0 bridgehead atoms. The van der Waals surface area contributed by atoms with Crippen LogP contribution in [0.4, 0.5) is 4.79 Å². The molecule has 6 nitrogen and oxygen atoms in total. The summed E-state index contributed by atoms with van der Waals surface area (Å²) in [4.78, 5) is 23.1. The lowest BCUT2D eigenvalue weighted by atomic mass is 10.1. The summed E-state index contributed by atoms with van der Waals surface area (Å²) in [6, 6.07) is 0. The van der Waals surface area contributed by atoms with E-state index in [2.05, 4.69) is 13.8 Å². The van der Waals surface area contributed by atoms with Crippen molar-refractivity contribution < 1.29 is 28.2 Å².